The maximum atomic E-state index is 14.2. The van der Waals surface area contributed by atoms with Crippen molar-refractivity contribution in [3.63, 3.8) is 0 Å². The van der Waals surface area contributed by atoms with E-state index in [2.05, 4.69) is 5.32 Å². The number of rotatable bonds is 6. The summed E-state index contributed by atoms with van der Waals surface area (Å²) >= 11 is 0. The molecule has 0 atom stereocenters. The van der Waals surface area contributed by atoms with Gasteiger partial charge in [-0.3, -0.25) is 19.8 Å². The van der Waals surface area contributed by atoms with Gasteiger partial charge in [-0.05, 0) is 55.7 Å². The van der Waals surface area contributed by atoms with Gasteiger partial charge in [0, 0.05) is 36.5 Å². The van der Waals surface area contributed by atoms with Crippen LogP contribution in [-0.4, -0.2) is 36.5 Å². The van der Waals surface area contributed by atoms with E-state index in [1.807, 2.05) is 0 Å². The molecule has 0 spiro atoms. The molecule has 0 aromatic heterocycles. The van der Waals surface area contributed by atoms with Crippen LogP contribution in [0.3, 0.4) is 0 Å². The van der Waals surface area contributed by atoms with Gasteiger partial charge in [-0.1, -0.05) is 12.1 Å². The number of benzene rings is 2. The number of nitrogens with zero attached hydrogens (tertiary/aromatic N) is 2. The molecule has 4 rings (SSSR count). The second kappa shape index (κ2) is 9.23. The molecule has 8 nitrogen and oxygen atoms in total. The normalized spacial score (nSPS) is 16.8. The van der Waals surface area contributed by atoms with Crippen LogP contribution in [0.4, 0.5) is 21.5 Å². The van der Waals surface area contributed by atoms with E-state index < -0.39 is 23.3 Å². The number of hydrogen-bond acceptors (Lipinski definition) is 5. The van der Waals surface area contributed by atoms with Gasteiger partial charge in [0.2, 0.25) is 5.91 Å². The van der Waals surface area contributed by atoms with Crippen LogP contribution in [0.1, 0.15) is 25.7 Å². The fourth-order valence-corrected chi connectivity index (χ4v) is 4.08. The highest BCUT2D eigenvalue weighted by molar-refractivity contribution is 6.44. The van der Waals surface area contributed by atoms with E-state index in [0.717, 1.165) is 18.5 Å². The van der Waals surface area contributed by atoms with Crippen molar-refractivity contribution in [1.29, 1.82) is 5.41 Å². The number of piperidine rings is 1. The lowest BCUT2D eigenvalue weighted by atomic mass is 9.98. The third-order valence-corrected chi connectivity index (χ3v) is 5.82. The summed E-state index contributed by atoms with van der Waals surface area (Å²) < 4.78 is 14.2. The molecular formula is C24H24FN5O3. The molecule has 2 heterocycles. The van der Waals surface area contributed by atoms with Crippen molar-refractivity contribution in [2.75, 3.05) is 28.2 Å². The Morgan fingerprint density at radius 2 is 1.61 bits per heavy atom. The average molecular weight is 449 g/mol. The van der Waals surface area contributed by atoms with E-state index in [1.165, 1.54) is 23.1 Å². The summed E-state index contributed by atoms with van der Waals surface area (Å²) in [6.45, 7) is 0.882. The summed E-state index contributed by atoms with van der Waals surface area (Å²) in [5.41, 5.74) is 6.29. The van der Waals surface area contributed by atoms with Crippen molar-refractivity contribution in [3.05, 3.63) is 65.6 Å². The molecule has 2 aromatic rings. The Bertz CT molecular complexity index is 1160. The van der Waals surface area contributed by atoms with Gasteiger partial charge in [-0.2, -0.15) is 0 Å². The molecule has 2 aromatic carbocycles. The number of anilines is 3. The minimum Gasteiger partial charge on any atom is -0.364 e. The first-order valence-electron chi connectivity index (χ1n) is 10.7. The van der Waals surface area contributed by atoms with Gasteiger partial charge in [0.25, 0.3) is 11.8 Å². The first-order chi connectivity index (χ1) is 15.9. The van der Waals surface area contributed by atoms with E-state index >= 15 is 0 Å². The van der Waals surface area contributed by atoms with Gasteiger partial charge in [0.15, 0.2) is 0 Å². The van der Waals surface area contributed by atoms with Gasteiger partial charge in [0.1, 0.15) is 17.2 Å². The molecule has 2 aliphatic rings. The van der Waals surface area contributed by atoms with Crippen LogP contribution in [0.2, 0.25) is 0 Å². The molecular weight excluding hydrogens is 425 g/mol. The van der Waals surface area contributed by atoms with Gasteiger partial charge < -0.3 is 20.9 Å². The molecule has 0 unspecified atom stereocenters. The van der Waals surface area contributed by atoms with E-state index in [9.17, 15) is 18.8 Å². The zero-order valence-corrected chi connectivity index (χ0v) is 17.9. The minimum atomic E-state index is -0.963. The van der Waals surface area contributed by atoms with Crippen molar-refractivity contribution in [2.24, 2.45) is 5.73 Å². The largest absolute Gasteiger partial charge is 0.364 e. The first-order valence-corrected chi connectivity index (χ1v) is 10.7. The first kappa shape index (κ1) is 22.2. The van der Waals surface area contributed by atoms with Gasteiger partial charge >= 0.3 is 0 Å². The molecule has 1 saturated heterocycles. The van der Waals surface area contributed by atoms with Crippen molar-refractivity contribution < 1.29 is 18.8 Å². The highest BCUT2D eigenvalue weighted by Gasteiger charge is 2.32. The number of primary amides is 1. The highest BCUT2D eigenvalue weighted by Crippen LogP contribution is 2.30. The van der Waals surface area contributed by atoms with Crippen LogP contribution in [0, 0.1) is 11.2 Å². The Morgan fingerprint density at radius 1 is 0.939 bits per heavy atom. The SMILES string of the molecule is N=C(C(N)=O)C1=C(Nc2ccccc2F)C(=O)N(c2ccc(N3CCCCC3=O)cc2)CC1. The molecule has 2 aliphatic heterocycles. The summed E-state index contributed by atoms with van der Waals surface area (Å²) in [5.74, 6) is -1.96. The Balaban J connectivity index is 1.64. The van der Waals surface area contributed by atoms with Crippen LogP contribution in [-0.2, 0) is 14.4 Å². The molecule has 170 valence electrons. The molecule has 1 fully saturated rings. The number of nitrogens with two attached hydrogens (primary N) is 1. The van der Waals surface area contributed by atoms with Crippen LogP contribution in [0.25, 0.3) is 0 Å². The Morgan fingerprint density at radius 3 is 2.24 bits per heavy atom. The summed E-state index contributed by atoms with van der Waals surface area (Å²) in [4.78, 5) is 40.4. The topological polar surface area (TPSA) is 120 Å². The number of carbonyl (C=O) groups excluding carboxylic acids is 3. The fraction of sp³-hybridized carbons (Fsp3) is 0.250. The average Bonchev–Trinajstić information content (AvgIpc) is 2.81. The maximum absolute atomic E-state index is 14.2. The van der Waals surface area contributed by atoms with E-state index in [1.54, 1.807) is 35.2 Å². The van der Waals surface area contributed by atoms with Crippen LogP contribution >= 0.6 is 0 Å². The van der Waals surface area contributed by atoms with E-state index in [4.69, 9.17) is 11.1 Å². The predicted octanol–water partition coefficient (Wildman–Crippen LogP) is 2.95. The van der Waals surface area contributed by atoms with E-state index in [-0.39, 0.29) is 35.8 Å². The van der Waals surface area contributed by atoms with Crippen LogP contribution in [0.15, 0.2) is 59.8 Å². The molecule has 4 N–H and O–H groups in total. The van der Waals surface area contributed by atoms with Gasteiger partial charge in [0.05, 0.1) is 5.69 Å². The summed E-state index contributed by atoms with van der Waals surface area (Å²) in [7, 11) is 0. The van der Waals surface area contributed by atoms with Crippen LogP contribution in [0.5, 0.6) is 0 Å². The lowest BCUT2D eigenvalue weighted by Crippen LogP contribution is -2.42. The number of halogens is 1. The predicted molar refractivity (Wildman–Crippen MR) is 124 cm³/mol. The zero-order valence-electron chi connectivity index (χ0n) is 17.9. The third-order valence-electron chi connectivity index (χ3n) is 5.82. The third kappa shape index (κ3) is 4.48. The fourth-order valence-electron chi connectivity index (χ4n) is 4.08. The van der Waals surface area contributed by atoms with Gasteiger partial charge in [-0.25, -0.2) is 4.39 Å². The Kier molecular flexibility index (Phi) is 6.21. The van der Waals surface area contributed by atoms with Crippen molar-refractivity contribution in [2.45, 2.75) is 25.7 Å². The number of carbonyl (C=O) groups is 3. The molecule has 0 aliphatic carbocycles. The molecule has 9 heteroatoms. The summed E-state index contributed by atoms with van der Waals surface area (Å²) in [6, 6.07) is 12.9. The number of nitrogens with one attached hydrogen (secondary N) is 2. The van der Waals surface area contributed by atoms with Gasteiger partial charge in [-0.15, -0.1) is 0 Å². The standard InChI is InChI=1S/C24H24FN5O3/c25-18-5-1-2-6-19(18)28-22-17(21(26)23(27)32)12-14-30(24(22)33)16-10-8-15(9-11-16)29-13-4-3-7-20(29)31/h1-2,5-6,8-11,26,28H,3-4,7,12-14H2,(H2,27,32). The number of para-hydroxylation sites is 1. The van der Waals surface area contributed by atoms with E-state index in [0.29, 0.717) is 18.7 Å². The highest BCUT2D eigenvalue weighted by atomic mass is 19.1. The molecule has 33 heavy (non-hydrogen) atoms. The lowest BCUT2D eigenvalue weighted by Gasteiger charge is -2.32. The number of amides is 3. The quantitative estimate of drug-likeness (QED) is 0.587. The number of hydrogen-bond donors (Lipinski definition) is 3. The second-order valence-corrected chi connectivity index (χ2v) is 7.92. The molecule has 0 saturated carbocycles. The second-order valence-electron chi connectivity index (χ2n) is 7.92. The Hall–Kier alpha value is -4.01. The molecule has 3 amide bonds. The smallest absolute Gasteiger partial charge is 0.275 e. The zero-order chi connectivity index (χ0) is 23.5. The van der Waals surface area contributed by atoms with Crippen molar-refractivity contribution in [3.8, 4) is 0 Å². The molecule has 0 radical (unpaired) electrons. The lowest BCUT2D eigenvalue weighted by molar-refractivity contribution is -0.119. The maximum Gasteiger partial charge on any atom is 0.275 e. The molecule has 0 bridgehead atoms. The van der Waals surface area contributed by atoms with Crippen molar-refractivity contribution >= 4 is 40.5 Å². The Labute approximate surface area is 190 Å². The monoisotopic (exact) mass is 449 g/mol. The van der Waals surface area contributed by atoms with Crippen molar-refractivity contribution in [1.82, 2.24) is 0 Å². The summed E-state index contributed by atoms with van der Waals surface area (Å²) in [6.07, 6.45) is 2.55. The van der Waals surface area contributed by atoms with Crippen LogP contribution < -0.4 is 20.9 Å². The summed E-state index contributed by atoms with van der Waals surface area (Å²) in [5, 5.41) is 10.8. The minimum absolute atomic E-state index is 0.0522.